The number of carbonyl (C=O) groups is 3. The standard InChI is InChI=1S/C43H70O7/c1-10-11-12-13-14-15-26-47-28-49-38(46)43-23-18-29(2)30(3)37(43)33-16-17-35-39(6)21-20-36(50-32(5)45)40(7,27-48-31(4)44)34(39)19-22-42(35,9)41(33,8)24-25-43/h16,29-30,34-37H,10-15,17-28H2,1-9H3/t29-,30+,34?,35-,36+,37+,39+,40?,41-,42-,43+/m1/s1. The fourth-order valence-electron chi connectivity index (χ4n) is 12.8. The molecular weight excluding hydrogens is 628 g/mol. The number of carbonyl (C=O) groups excluding carboxylic acids is 3. The molecule has 2 unspecified atom stereocenters. The number of hydrogen-bond acceptors (Lipinski definition) is 7. The van der Waals surface area contributed by atoms with Gasteiger partial charge in [0.2, 0.25) is 0 Å². The van der Waals surface area contributed by atoms with Gasteiger partial charge in [-0.15, -0.1) is 0 Å². The van der Waals surface area contributed by atoms with Crippen molar-refractivity contribution in [2.24, 2.45) is 56.7 Å². The summed E-state index contributed by atoms with van der Waals surface area (Å²) in [5.74, 6) is 1.21. The molecule has 0 aliphatic heterocycles. The van der Waals surface area contributed by atoms with Crippen LogP contribution in [0.4, 0.5) is 0 Å². The lowest BCUT2D eigenvalue weighted by molar-refractivity contribution is -0.227. The van der Waals surface area contributed by atoms with E-state index in [4.69, 9.17) is 18.9 Å². The summed E-state index contributed by atoms with van der Waals surface area (Å²) in [5.41, 5.74) is 0.592. The zero-order chi connectivity index (χ0) is 36.5. The van der Waals surface area contributed by atoms with Crippen molar-refractivity contribution >= 4 is 17.9 Å². The summed E-state index contributed by atoms with van der Waals surface area (Å²) in [4.78, 5) is 38.6. The SMILES string of the molecule is CCCCCCCCOCOC(=O)[C@]12CC[C@@H](C)[C@H](C)[C@H]1C1=CC[C@@H]3[C@@]4(C)CC[C@H](OC(C)=O)C(C)(COC(C)=O)C4CC[C@@]3(C)[C@]1(C)CC2. The normalized spacial score (nSPS) is 42.1. The van der Waals surface area contributed by atoms with Gasteiger partial charge in [0.05, 0.1) is 12.0 Å². The van der Waals surface area contributed by atoms with Crippen LogP contribution in [0, 0.1) is 56.7 Å². The topological polar surface area (TPSA) is 88.1 Å². The number of ether oxygens (including phenoxy) is 4. The Morgan fingerprint density at radius 1 is 0.800 bits per heavy atom. The number of allylic oxidation sites excluding steroid dienone is 2. The van der Waals surface area contributed by atoms with Crippen molar-refractivity contribution in [2.75, 3.05) is 20.0 Å². The van der Waals surface area contributed by atoms with Crippen LogP contribution in [0.25, 0.3) is 0 Å². The second-order valence-corrected chi connectivity index (χ2v) is 18.5. The summed E-state index contributed by atoms with van der Waals surface area (Å²) in [6, 6.07) is 0. The lowest BCUT2D eigenvalue weighted by Gasteiger charge is -2.71. The molecule has 0 aromatic rings. The van der Waals surface area contributed by atoms with Gasteiger partial charge in [-0.05, 0) is 110 Å². The summed E-state index contributed by atoms with van der Waals surface area (Å²) in [5, 5.41) is 0. The molecule has 0 saturated heterocycles. The van der Waals surface area contributed by atoms with E-state index in [1.54, 1.807) is 0 Å². The van der Waals surface area contributed by atoms with Gasteiger partial charge in [0.1, 0.15) is 12.7 Å². The first-order valence-corrected chi connectivity index (χ1v) is 20.4. The monoisotopic (exact) mass is 699 g/mol. The molecule has 0 spiro atoms. The van der Waals surface area contributed by atoms with Gasteiger partial charge in [-0.1, -0.05) is 92.2 Å². The van der Waals surface area contributed by atoms with Crippen LogP contribution in [0.5, 0.6) is 0 Å². The van der Waals surface area contributed by atoms with Crippen LogP contribution in [0.1, 0.15) is 159 Å². The number of fused-ring (bicyclic) bond motifs is 7. The third kappa shape index (κ3) is 6.73. The van der Waals surface area contributed by atoms with Crippen LogP contribution in [0.2, 0.25) is 0 Å². The summed E-state index contributed by atoms with van der Waals surface area (Å²) >= 11 is 0. The Kier molecular flexibility index (Phi) is 12.0. The first-order valence-electron chi connectivity index (χ1n) is 20.4. The van der Waals surface area contributed by atoms with E-state index in [1.165, 1.54) is 51.5 Å². The minimum Gasteiger partial charge on any atom is -0.465 e. The van der Waals surface area contributed by atoms with Crippen LogP contribution < -0.4 is 0 Å². The minimum absolute atomic E-state index is 0.00410. The van der Waals surface area contributed by atoms with E-state index in [1.807, 2.05) is 0 Å². The Morgan fingerprint density at radius 2 is 1.52 bits per heavy atom. The lowest BCUT2D eigenvalue weighted by atomic mass is 9.33. The molecule has 0 heterocycles. The van der Waals surface area contributed by atoms with E-state index in [2.05, 4.69) is 54.5 Å². The van der Waals surface area contributed by atoms with E-state index in [0.29, 0.717) is 24.4 Å². The third-order valence-electron chi connectivity index (χ3n) is 15.9. The van der Waals surface area contributed by atoms with Gasteiger partial charge in [0.25, 0.3) is 0 Å². The summed E-state index contributed by atoms with van der Waals surface area (Å²) < 4.78 is 23.6. The Balaban J connectivity index is 1.39. The predicted octanol–water partition coefficient (Wildman–Crippen LogP) is 10.00. The van der Waals surface area contributed by atoms with Gasteiger partial charge >= 0.3 is 17.9 Å². The Labute approximate surface area is 303 Å². The third-order valence-corrected chi connectivity index (χ3v) is 15.9. The molecule has 5 rings (SSSR count). The van der Waals surface area contributed by atoms with Crippen molar-refractivity contribution in [3.63, 3.8) is 0 Å². The van der Waals surface area contributed by atoms with E-state index in [9.17, 15) is 14.4 Å². The molecule has 4 saturated carbocycles. The van der Waals surface area contributed by atoms with E-state index in [-0.39, 0.29) is 65.5 Å². The van der Waals surface area contributed by atoms with Crippen molar-refractivity contribution in [1.82, 2.24) is 0 Å². The highest BCUT2D eigenvalue weighted by atomic mass is 16.7. The second-order valence-electron chi connectivity index (χ2n) is 18.5. The first kappa shape index (κ1) is 39.3. The van der Waals surface area contributed by atoms with Crippen molar-refractivity contribution in [3.05, 3.63) is 11.6 Å². The minimum atomic E-state index is -0.490. The number of hydrogen-bond donors (Lipinski definition) is 0. The Morgan fingerprint density at radius 3 is 2.22 bits per heavy atom. The molecule has 0 aromatic heterocycles. The largest absolute Gasteiger partial charge is 0.465 e. The molecule has 5 aliphatic carbocycles. The molecule has 0 aromatic carbocycles. The van der Waals surface area contributed by atoms with Gasteiger partial charge in [-0.3, -0.25) is 14.4 Å². The van der Waals surface area contributed by atoms with Crippen molar-refractivity contribution < 1.29 is 33.3 Å². The molecular formula is C43H70O7. The number of rotatable bonds is 13. The molecule has 7 heteroatoms. The maximum absolute atomic E-state index is 14.3. The van der Waals surface area contributed by atoms with Gasteiger partial charge in [-0.25, -0.2) is 0 Å². The zero-order valence-electron chi connectivity index (χ0n) is 33.1. The lowest BCUT2D eigenvalue weighted by Crippen LogP contribution is -2.66. The molecule has 0 N–H and O–H groups in total. The van der Waals surface area contributed by atoms with E-state index < -0.39 is 10.8 Å². The van der Waals surface area contributed by atoms with Crippen LogP contribution in [0.15, 0.2) is 11.6 Å². The molecule has 0 radical (unpaired) electrons. The number of esters is 3. The van der Waals surface area contributed by atoms with Crippen LogP contribution in [-0.2, 0) is 33.3 Å². The fourth-order valence-corrected chi connectivity index (χ4v) is 12.8. The van der Waals surface area contributed by atoms with Gasteiger partial charge < -0.3 is 18.9 Å². The maximum Gasteiger partial charge on any atom is 0.314 e. The molecule has 11 atom stereocenters. The first-order chi connectivity index (χ1) is 23.6. The zero-order valence-corrected chi connectivity index (χ0v) is 33.1. The summed E-state index contributed by atoms with van der Waals surface area (Å²) in [7, 11) is 0. The van der Waals surface area contributed by atoms with Crippen molar-refractivity contribution in [2.45, 2.75) is 165 Å². The smallest absolute Gasteiger partial charge is 0.314 e. The molecule has 7 nitrogen and oxygen atoms in total. The number of unbranched alkanes of at least 4 members (excludes halogenated alkanes) is 5. The second kappa shape index (κ2) is 15.2. The molecule has 4 fully saturated rings. The van der Waals surface area contributed by atoms with Crippen LogP contribution in [-0.4, -0.2) is 44.0 Å². The summed E-state index contributed by atoms with van der Waals surface area (Å²) in [6.07, 6.45) is 18.2. The molecule has 284 valence electrons. The van der Waals surface area contributed by atoms with Crippen molar-refractivity contribution in [1.29, 1.82) is 0 Å². The molecule has 50 heavy (non-hydrogen) atoms. The quantitative estimate of drug-likeness (QED) is 0.0622. The fraction of sp³-hybridized carbons (Fsp3) is 0.884. The molecule has 0 bridgehead atoms. The Bertz CT molecular complexity index is 1280. The average Bonchev–Trinajstić information content (AvgIpc) is 3.06. The van der Waals surface area contributed by atoms with Crippen LogP contribution >= 0.6 is 0 Å². The van der Waals surface area contributed by atoms with Crippen molar-refractivity contribution in [3.8, 4) is 0 Å². The summed E-state index contributed by atoms with van der Waals surface area (Å²) in [6.45, 7) is 20.7. The molecule has 0 amide bonds. The van der Waals surface area contributed by atoms with E-state index in [0.717, 1.165) is 64.2 Å². The van der Waals surface area contributed by atoms with Gasteiger partial charge in [0.15, 0.2) is 6.79 Å². The maximum atomic E-state index is 14.3. The van der Waals surface area contributed by atoms with Gasteiger partial charge in [0, 0.05) is 19.3 Å². The molecule has 5 aliphatic rings. The average molecular weight is 699 g/mol. The van der Waals surface area contributed by atoms with Crippen LogP contribution in [0.3, 0.4) is 0 Å². The highest BCUT2D eigenvalue weighted by Gasteiger charge is 2.70. The predicted molar refractivity (Wildman–Crippen MR) is 196 cm³/mol. The van der Waals surface area contributed by atoms with Gasteiger partial charge in [-0.2, -0.15) is 0 Å². The Hall–Kier alpha value is -1.89. The van der Waals surface area contributed by atoms with E-state index >= 15 is 0 Å². The highest BCUT2D eigenvalue weighted by Crippen LogP contribution is 2.76. The highest BCUT2D eigenvalue weighted by molar-refractivity contribution is 5.79.